The van der Waals surface area contributed by atoms with Crippen molar-refractivity contribution in [3.63, 3.8) is 0 Å². The predicted octanol–water partition coefficient (Wildman–Crippen LogP) is 12.6. The molecule has 0 nitrogen and oxygen atoms in total. The average molecular weight is 575 g/mol. The van der Waals surface area contributed by atoms with Crippen LogP contribution >= 0.6 is 0 Å². The van der Waals surface area contributed by atoms with Crippen LogP contribution in [0.25, 0.3) is 77.5 Å². The Bertz CT molecular complexity index is 2200. The number of rotatable bonds is 5. The molecular weight excluding hydrogens is 540 g/mol. The zero-order valence-electron chi connectivity index (χ0n) is 25.8. The highest BCUT2D eigenvalue weighted by molar-refractivity contribution is 6.23. The van der Waals surface area contributed by atoms with Gasteiger partial charge in [-0.2, -0.15) is 0 Å². The van der Waals surface area contributed by atoms with Crippen molar-refractivity contribution >= 4 is 10.8 Å². The van der Waals surface area contributed by atoms with Gasteiger partial charge in [-0.15, -0.1) is 0 Å². The molecule has 0 heterocycles. The van der Waals surface area contributed by atoms with Gasteiger partial charge < -0.3 is 0 Å². The molecule has 0 radical (unpaired) electrons. The summed E-state index contributed by atoms with van der Waals surface area (Å²) in [5.41, 5.74) is 18.8. The van der Waals surface area contributed by atoms with Crippen LogP contribution in [-0.2, 0) is 5.41 Å². The first-order chi connectivity index (χ1) is 22.2. The number of hydrogen-bond donors (Lipinski definition) is 0. The Balaban J connectivity index is 1.29. The van der Waals surface area contributed by atoms with Crippen LogP contribution in [-0.4, -0.2) is 0 Å². The Morgan fingerprint density at radius 2 is 0.956 bits per heavy atom. The Morgan fingerprint density at radius 3 is 1.64 bits per heavy atom. The largest absolute Gasteiger partial charge is 0.0653 e. The van der Waals surface area contributed by atoms with Crippen molar-refractivity contribution in [3.8, 4) is 66.8 Å². The smallest absolute Gasteiger partial charge is 0.0187 e. The maximum Gasteiger partial charge on any atom is 0.0187 e. The lowest BCUT2D eigenvalue weighted by Gasteiger charge is -2.27. The molecule has 1 unspecified atom stereocenters. The van der Waals surface area contributed by atoms with E-state index < -0.39 is 0 Å². The molecule has 9 rings (SSSR count). The highest BCUT2D eigenvalue weighted by Crippen LogP contribution is 2.56. The molecule has 0 aliphatic heterocycles. The van der Waals surface area contributed by atoms with Gasteiger partial charge >= 0.3 is 0 Å². The monoisotopic (exact) mass is 574 g/mol. The van der Waals surface area contributed by atoms with Crippen molar-refractivity contribution in [2.45, 2.75) is 32.1 Å². The second-order valence-corrected chi connectivity index (χ2v) is 12.9. The molecule has 0 spiro atoms. The summed E-state index contributed by atoms with van der Waals surface area (Å²) in [6.45, 7) is 4.76. The highest BCUT2D eigenvalue weighted by atomic mass is 14.4. The van der Waals surface area contributed by atoms with Crippen molar-refractivity contribution in [3.05, 3.63) is 157 Å². The minimum absolute atomic E-state index is 0.0248. The fourth-order valence-corrected chi connectivity index (χ4v) is 8.47. The minimum Gasteiger partial charge on any atom is -0.0653 e. The van der Waals surface area contributed by atoms with Crippen molar-refractivity contribution in [1.82, 2.24) is 0 Å². The minimum atomic E-state index is 0.0248. The Kier molecular flexibility index (Phi) is 5.77. The summed E-state index contributed by atoms with van der Waals surface area (Å²) in [4.78, 5) is 0. The molecule has 2 aliphatic carbocycles. The van der Waals surface area contributed by atoms with Crippen molar-refractivity contribution in [2.24, 2.45) is 0 Å². The van der Waals surface area contributed by atoms with Crippen LogP contribution in [0, 0.1) is 0 Å². The molecule has 0 saturated heterocycles. The average Bonchev–Trinajstić information content (AvgIpc) is 3.56. The SMILES string of the molecule is CCCC1(C)c2ccccc2-c2ccc(-c3ccc4c5c(cccc35)-c3c(-c5ccccc5)ccc(-c5ccccc5)c3-4)cc21. The molecule has 214 valence electrons. The van der Waals surface area contributed by atoms with Crippen LogP contribution < -0.4 is 0 Å². The highest BCUT2D eigenvalue weighted by Gasteiger charge is 2.38. The fourth-order valence-electron chi connectivity index (χ4n) is 8.47. The summed E-state index contributed by atoms with van der Waals surface area (Å²) >= 11 is 0. The van der Waals surface area contributed by atoms with Gasteiger partial charge in [-0.05, 0) is 101 Å². The van der Waals surface area contributed by atoms with E-state index in [1.54, 1.807) is 0 Å². The second kappa shape index (κ2) is 9.91. The summed E-state index contributed by atoms with van der Waals surface area (Å²) in [7, 11) is 0. The zero-order valence-corrected chi connectivity index (χ0v) is 25.8. The van der Waals surface area contributed by atoms with Gasteiger partial charge in [-0.3, -0.25) is 0 Å². The molecule has 1 atom stereocenters. The van der Waals surface area contributed by atoms with Gasteiger partial charge in [0.2, 0.25) is 0 Å². The second-order valence-electron chi connectivity index (χ2n) is 12.9. The third kappa shape index (κ3) is 3.72. The molecule has 0 N–H and O–H groups in total. The zero-order chi connectivity index (χ0) is 30.1. The molecular formula is C45H34. The topological polar surface area (TPSA) is 0 Å². The number of benzene rings is 7. The van der Waals surface area contributed by atoms with Gasteiger partial charge in [0.05, 0.1) is 0 Å². The van der Waals surface area contributed by atoms with Crippen LogP contribution in [0.1, 0.15) is 37.8 Å². The van der Waals surface area contributed by atoms with E-state index >= 15 is 0 Å². The van der Waals surface area contributed by atoms with Crippen LogP contribution in [0.5, 0.6) is 0 Å². The Labute approximate surface area is 265 Å². The van der Waals surface area contributed by atoms with Crippen molar-refractivity contribution < 1.29 is 0 Å². The number of hydrogen-bond acceptors (Lipinski definition) is 0. The first-order valence-corrected chi connectivity index (χ1v) is 16.3. The molecule has 0 heteroatoms. The van der Waals surface area contributed by atoms with Crippen LogP contribution in [0.3, 0.4) is 0 Å². The van der Waals surface area contributed by atoms with Crippen LogP contribution in [0.2, 0.25) is 0 Å². The molecule has 0 saturated carbocycles. The third-order valence-electron chi connectivity index (χ3n) is 10.4. The molecule has 0 bridgehead atoms. The van der Waals surface area contributed by atoms with Gasteiger partial charge in [-0.1, -0.05) is 160 Å². The summed E-state index contributed by atoms with van der Waals surface area (Å²) in [5.74, 6) is 0. The summed E-state index contributed by atoms with van der Waals surface area (Å²) in [6, 6.07) is 54.4. The Hall–Kier alpha value is -5.20. The van der Waals surface area contributed by atoms with E-state index in [2.05, 4.69) is 159 Å². The summed E-state index contributed by atoms with van der Waals surface area (Å²) < 4.78 is 0. The fraction of sp³-hybridized carbons (Fsp3) is 0.111. The van der Waals surface area contributed by atoms with Gasteiger partial charge in [0.25, 0.3) is 0 Å². The number of fused-ring (bicyclic) bond motifs is 6. The molecule has 2 aliphatic rings. The van der Waals surface area contributed by atoms with Crippen LogP contribution in [0.15, 0.2) is 146 Å². The molecule has 0 amide bonds. The van der Waals surface area contributed by atoms with Gasteiger partial charge in [-0.25, -0.2) is 0 Å². The maximum atomic E-state index is 2.50. The molecule has 7 aromatic carbocycles. The predicted molar refractivity (Wildman–Crippen MR) is 191 cm³/mol. The van der Waals surface area contributed by atoms with Crippen LogP contribution in [0.4, 0.5) is 0 Å². The van der Waals surface area contributed by atoms with Crippen molar-refractivity contribution in [2.75, 3.05) is 0 Å². The molecule has 0 aromatic heterocycles. The normalized spacial score (nSPS) is 15.6. The van der Waals surface area contributed by atoms with Gasteiger partial charge in [0, 0.05) is 5.41 Å². The third-order valence-corrected chi connectivity index (χ3v) is 10.4. The summed E-state index contributed by atoms with van der Waals surface area (Å²) in [5, 5.41) is 2.69. The van der Waals surface area contributed by atoms with E-state index in [1.165, 1.54) is 88.7 Å². The Morgan fingerprint density at radius 1 is 0.422 bits per heavy atom. The lowest BCUT2D eigenvalue weighted by atomic mass is 9.76. The quantitative estimate of drug-likeness (QED) is 0.192. The van der Waals surface area contributed by atoms with E-state index in [4.69, 9.17) is 0 Å². The van der Waals surface area contributed by atoms with Gasteiger partial charge in [0.1, 0.15) is 0 Å². The summed E-state index contributed by atoms with van der Waals surface area (Å²) in [6.07, 6.45) is 2.30. The van der Waals surface area contributed by atoms with E-state index in [9.17, 15) is 0 Å². The molecule has 7 aromatic rings. The lowest BCUT2D eigenvalue weighted by molar-refractivity contribution is 0.524. The lowest BCUT2D eigenvalue weighted by Crippen LogP contribution is -2.20. The van der Waals surface area contributed by atoms with E-state index in [-0.39, 0.29) is 5.41 Å². The first-order valence-electron chi connectivity index (χ1n) is 16.3. The van der Waals surface area contributed by atoms with E-state index in [1.807, 2.05) is 0 Å². The van der Waals surface area contributed by atoms with E-state index in [0.29, 0.717) is 0 Å². The van der Waals surface area contributed by atoms with E-state index in [0.717, 1.165) is 12.8 Å². The standard InChI is InChI=1S/C45H34/c1-3-27-45(2)40-20-11-10-17-35(40)36-22-21-31(28-41(36)45)32-23-26-39-42-37(32)18-12-19-38(42)43-33(29-13-6-4-7-14-29)24-25-34(44(39)43)30-15-8-5-9-16-30/h4-26,28H,3,27H2,1-2H3. The van der Waals surface area contributed by atoms with Crippen molar-refractivity contribution in [1.29, 1.82) is 0 Å². The van der Waals surface area contributed by atoms with Gasteiger partial charge in [0.15, 0.2) is 0 Å². The first kappa shape index (κ1) is 26.2. The maximum absolute atomic E-state index is 2.50. The molecule has 45 heavy (non-hydrogen) atoms. The molecule has 0 fully saturated rings.